The number of carbonyl (C=O) groups excluding carboxylic acids is 3. The molecule has 0 aromatic heterocycles. The first-order valence-electron chi connectivity index (χ1n) is 6.13. The number of hydrogen-bond donors (Lipinski definition) is 3. The standard InChI is InChI=1S/C13H17N3O4/c1-2-7-15-13(19)16-11(17)8-20-10-5-3-9(4-6-10)12(14)18/h3-6H,2,7-8H2,1H3,(H2,14,18)(H2,15,16,17,19). The van der Waals surface area contributed by atoms with E-state index in [9.17, 15) is 14.4 Å². The van der Waals surface area contributed by atoms with Crippen molar-refractivity contribution in [3.63, 3.8) is 0 Å². The van der Waals surface area contributed by atoms with Gasteiger partial charge in [-0.25, -0.2) is 4.79 Å². The normalized spacial score (nSPS) is 9.65. The molecule has 0 atom stereocenters. The Labute approximate surface area is 116 Å². The smallest absolute Gasteiger partial charge is 0.321 e. The Balaban J connectivity index is 2.37. The summed E-state index contributed by atoms with van der Waals surface area (Å²) in [6, 6.07) is 5.46. The van der Waals surface area contributed by atoms with Crippen LogP contribution in [0.5, 0.6) is 5.75 Å². The fraction of sp³-hybridized carbons (Fsp3) is 0.308. The lowest BCUT2D eigenvalue weighted by Crippen LogP contribution is -2.41. The van der Waals surface area contributed by atoms with Gasteiger partial charge in [-0.2, -0.15) is 0 Å². The molecule has 0 aliphatic heterocycles. The van der Waals surface area contributed by atoms with Gasteiger partial charge in [-0.3, -0.25) is 14.9 Å². The zero-order valence-corrected chi connectivity index (χ0v) is 11.1. The van der Waals surface area contributed by atoms with Crippen LogP contribution in [-0.2, 0) is 4.79 Å². The molecule has 1 aromatic rings. The van der Waals surface area contributed by atoms with Crippen molar-refractivity contribution >= 4 is 17.8 Å². The number of ether oxygens (including phenoxy) is 1. The molecule has 0 saturated carbocycles. The average Bonchev–Trinajstić information content (AvgIpc) is 2.43. The van der Waals surface area contributed by atoms with Gasteiger partial charge < -0.3 is 15.8 Å². The minimum Gasteiger partial charge on any atom is -0.484 e. The van der Waals surface area contributed by atoms with Crippen LogP contribution in [0.25, 0.3) is 0 Å². The maximum Gasteiger partial charge on any atom is 0.321 e. The minimum atomic E-state index is -0.558. The Hall–Kier alpha value is -2.57. The largest absolute Gasteiger partial charge is 0.484 e. The molecule has 0 aliphatic rings. The molecule has 7 heteroatoms. The molecule has 0 aliphatic carbocycles. The summed E-state index contributed by atoms with van der Waals surface area (Å²) in [4.78, 5) is 33.4. The van der Waals surface area contributed by atoms with Crippen LogP contribution in [-0.4, -0.2) is 31.0 Å². The van der Waals surface area contributed by atoms with Crippen LogP contribution in [0.3, 0.4) is 0 Å². The van der Waals surface area contributed by atoms with E-state index in [4.69, 9.17) is 10.5 Å². The van der Waals surface area contributed by atoms with E-state index >= 15 is 0 Å². The lowest BCUT2D eigenvalue weighted by molar-refractivity contribution is -0.122. The Morgan fingerprint density at radius 1 is 1.20 bits per heavy atom. The summed E-state index contributed by atoms with van der Waals surface area (Å²) >= 11 is 0. The van der Waals surface area contributed by atoms with E-state index in [2.05, 4.69) is 10.6 Å². The lowest BCUT2D eigenvalue weighted by Gasteiger charge is -2.07. The monoisotopic (exact) mass is 279 g/mol. The first kappa shape index (κ1) is 15.5. The zero-order valence-electron chi connectivity index (χ0n) is 11.1. The highest BCUT2D eigenvalue weighted by atomic mass is 16.5. The van der Waals surface area contributed by atoms with Gasteiger partial charge in [0.2, 0.25) is 5.91 Å². The number of benzene rings is 1. The summed E-state index contributed by atoms with van der Waals surface area (Å²) in [5.74, 6) is -0.696. The van der Waals surface area contributed by atoms with Crippen molar-refractivity contribution < 1.29 is 19.1 Å². The van der Waals surface area contributed by atoms with Crippen molar-refractivity contribution in [2.24, 2.45) is 5.73 Å². The van der Waals surface area contributed by atoms with E-state index in [0.717, 1.165) is 6.42 Å². The third kappa shape index (κ3) is 5.38. The number of urea groups is 1. The Kier molecular flexibility index (Phi) is 6.02. The van der Waals surface area contributed by atoms with Gasteiger partial charge in [0, 0.05) is 12.1 Å². The van der Waals surface area contributed by atoms with E-state index < -0.39 is 17.8 Å². The molecule has 0 saturated heterocycles. The topological polar surface area (TPSA) is 111 Å². The summed E-state index contributed by atoms with van der Waals surface area (Å²) in [7, 11) is 0. The van der Waals surface area contributed by atoms with Crippen molar-refractivity contribution in [1.29, 1.82) is 0 Å². The third-order valence-electron chi connectivity index (χ3n) is 2.30. The van der Waals surface area contributed by atoms with Crippen LogP contribution in [0.2, 0.25) is 0 Å². The number of hydrogen-bond acceptors (Lipinski definition) is 4. The van der Waals surface area contributed by atoms with Gasteiger partial charge in [0.25, 0.3) is 5.91 Å². The van der Waals surface area contributed by atoms with Gasteiger partial charge in [-0.05, 0) is 30.7 Å². The highest BCUT2D eigenvalue weighted by Crippen LogP contribution is 2.11. The summed E-state index contributed by atoms with van der Waals surface area (Å²) in [6.07, 6.45) is 0.782. The second-order valence-electron chi connectivity index (χ2n) is 3.98. The first-order chi connectivity index (χ1) is 9.52. The molecule has 0 radical (unpaired) electrons. The first-order valence-corrected chi connectivity index (χ1v) is 6.13. The quantitative estimate of drug-likeness (QED) is 0.700. The number of carbonyl (C=O) groups is 3. The predicted octanol–water partition coefficient (Wildman–Crippen LogP) is 0.400. The van der Waals surface area contributed by atoms with Crippen molar-refractivity contribution in [3.05, 3.63) is 29.8 Å². The van der Waals surface area contributed by atoms with E-state index in [1.807, 2.05) is 6.92 Å². The van der Waals surface area contributed by atoms with E-state index in [1.165, 1.54) is 24.3 Å². The molecule has 1 aromatic carbocycles. The fourth-order valence-corrected chi connectivity index (χ4v) is 1.31. The van der Waals surface area contributed by atoms with Gasteiger partial charge >= 0.3 is 6.03 Å². The number of nitrogens with one attached hydrogen (secondary N) is 2. The van der Waals surface area contributed by atoms with Crippen LogP contribution in [0.4, 0.5) is 4.79 Å². The fourth-order valence-electron chi connectivity index (χ4n) is 1.31. The van der Waals surface area contributed by atoms with Crippen LogP contribution in [0.15, 0.2) is 24.3 Å². The third-order valence-corrected chi connectivity index (χ3v) is 2.30. The van der Waals surface area contributed by atoms with Gasteiger partial charge in [0.05, 0.1) is 0 Å². The maximum atomic E-state index is 11.4. The maximum absolute atomic E-state index is 11.4. The molecule has 0 fully saturated rings. The Morgan fingerprint density at radius 2 is 1.85 bits per heavy atom. The minimum absolute atomic E-state index is 0.296. The number of amides is 4. The van der Waals surface area contributed by atoms with E-state index in [0.29, 0.717) is 17.9 Å². The molecule has 1 rings (SSSR count). The van der Waals surface area contributed by atoms with Crippen LogP contribution in [0, 0.1) is 0 Å². The van der Waals surface area contributed by atoms with Gasteiger partial charge in [0.15, 0.2) is 6.61 Å². The molecule has 4 amide bonds. The summed E-state index contributed by atoms with van der Waals surface area (Å²) in [5, 5.41) is 4.63. The van der Waals surface area contributed by atoms with Gasteiger partial charge in [-0.1, -0.05) is 6.92 Å². The van der Waals surface area contributed by atoms with Crippen molar-refractivity contribution in [3.8, 4) is 5.75 Å². The molecule has 0 spiro atoms. The SMILES string of the molecule is CCCNC(=O)NC(=O)COc1ccc(C(N)=O)cc1. The highest BCUT2D eigenvalue weighted by molar-refractivity contribution is 5.95. The van der Waals surface area contributed by atoms with Crippen molar-refractivity contribution in [2.75, 3.05) is 13.2 Å². The molecule has 4 N–H and O–H groups in total. The van der Waals surface area contributed by atoms with E-state index in [-0.39, 0.29) is 6.61 Å². The molecule has 0 heterocycles. The molecule has 108 valence electrons. The summed E-state index contributed by atoms with van der Waals surface area (Å²) < 4.78 is 5.16. The number of nitrogens with two attached hydrogens (primary N) is 1. The van der Waals surface area contributed by atoms with Crippen molar-refractivity contribution in [1.82, 2.24) is 10.6 Å². The molecular weight excluding hydrogens is 262 g/mol. The molecule has 0 bridgehead atoms. The van der Waals surface area contributed by atoms with Crippen molar-refractivity contribution in [2.45, 2.75) is 13.3 Å². The second kappa shape index (κ2) is 7.78. The average molecular weight is 279 g/mol. The van der Waals surface area contributed by atoms with Gasteiger partial charge in [0.1, 0.15) is 5.75 Å². The number of primary amides is 1. The Morgan fingerprint density at radius 3 is 2.40 bits per heavy atom. The summed E-state index contributed by atoms with van der Waals surface area (Å²) in [5.41, 5.74) is 5.44. The van der Waals surface area contributed by atoms with Crippen LogP contribution < -0.4 is 21.1 Å². The lowest BCUT2D eigenvalue weighted by atomic mass is 10.2. The Bertz CT molecular complexity index is 485. The van der Waals surface area contributed by atoms with Crippen LogP contribution >= 0.6 is 0 Å². The summed E-state index contributed by atoms with van der Waals surface area (Å²) in [6.45, 7) is 2.10. The van der Waals surface area contributed by atoms with E-state index in [1.54, 1.807) is 0 Å². The van der Waals surface area contributed by atoms with Crippen LogP contribution in [0.1, 0.15) is 23.7 Å². The second-order valence-corrected chi connectivity index (χ2v) is 3.98. The van der Waals surface area contributed by atoms with Gasteiger partial charge in [-0.15, -0.1) is 0 Å². The molecule has 0 unspecified atom stereocenters. The zero-order chi connectivity index (χ0) is 15.0. The highest BCUT2D eigenvalue weighted by Gasteiger charge is 2.08. The molecule has 20 heavy (non-hydrogen) atoms. The number of rotatable bonds is 6. The number of imide groups is 1. The molecule has 7 nitrogen and oxygen atoms in total. The molecular formula is C13H17N3O4. The predicted molar refractivity (Wildman–Crippen MR) is 72.3 cm³/mol.